The van der Waals surface area contributed by atoms with E-state index in [1.165, 1.54) is 37.3 Å². The largest absolute Gasteiger partial charge is 0.497 e. The van der Waals surface area contributed by atoms with Crippen LogP contribution in [-0.2, 0) is 26.2 Å². The Morgan fingerprint density at radius 3 is 2.19 bits per heavy atom. The minimum atomic E-state index is -4.31. The van der Waals surface area contributed by atoms with Crippen LogP contribution in [-0.4, -0.2) is 58.5 Å². The summed E-state index contributed by atoms with van der Waals surface area (Å²) in [4.78, 5) is 28.4. The summed E-state index contributed by atoms with van der Waals surface area (Å²) in [6.45, 7) is 4.93. The van der Waals surface area contributed by atoms with E-state index >= 15 is 0 Å². The molecule has 2 amide bonds. The maximum absolute atomic E-state index is 14.1. The van der Waals surface area contributed by atoms with Crippen LogP contribution in [0.4, 0.5) is 5.69 Å². The fraction of sp³-hybridized carbons (Fsp3) is 0.333. The lowest BCUT2D eigenvalue weighted by molar-refractivity contribution is -0.139. The maximum Gasteiger partial charge on any atom is 0.264 e. The van der Waals surface area contributed by atoms with E-state index in [-0.39, 0.29) is 22.9 Å². The average Bonchev–Trinajstić information content (AvgIpc) is 2.97. The van der Waals surface area contributed by atoms with Crippen LogP contribution in [0.1, 0.15) is 31.4 Å². The van der Waals surface area contributed by atoms with Gasteiger partial charge in [0.15, 0.2) is 0 Å². The lowest BCUT2D eigenvalue weighted by Gasteiger charge is -2.32. The zero-order valence-corrected chi connectivity index (χ0v) is 26.5. The summed E-state index contributed by atoms with van der Waals surface area (Å²) in [5.74, 6) is -0.505. The number of rotatable bonds is 13. The van der Waals surface area contributed by atoms with Crippen LogP contribution < -0.4 is 19.1 Å². The predicted molar refractivity (Wildman–Crippen MR) is 165 cm³/mol. The van der Waals surface area contributed by atoms with Crippen LogP contribution in [0, 0.1) is 6.92 Å². The number of hydrogen-bond acceptors (Lipinski definition) is 6. The number of methoxy groups -OCH3 is 2. The van der Waals surface area contributed by atoms with Crippen molar-refractivity contribution in [2.24, 2.45) is 0 Å². The molecule has 0 aliphatic heterocycles. The van der Waals surface area contributed by atoms with Crippen LogP contribution in [0.25, 0.3) is 0 Å². The van der Waals surface area contributed by atoms with Gasteiger partial charge in [-0.05, 0) is 56.7 Å². The van der Waals surface area contributed by atoms with Gasteiger partial charge in [0.25, 0.3) is 10.0 Å². The van der Waals surface area contributed by atoms with Crippen LogP contribution in [0.2, 0.25) is 10.0 Å². The number of benzene rings is 3. The Morgan fingerprint density at radius 1 is 0.976 bits per heavy atom. The zero-order chi connectivity index (χ0) is 31.0. The number of hydrogen-bond donors (Lipinski definition) is 1. The number of carbonyl (C=O) groups excluding carboxylic acids is 2. The van der Waals surface area contributed by atoms with Gasteiger partial charge in [-0.2, -0.15) is 0 Å². The molecule has 0 bridgehead atoms. The van der Waals surface area contributed by atoms with Crippen molar-refractivity contribution < 1.29 is 27.5 Å². The molecule has 0 aliphatic rings. The number of ether oxygens (including phenoxy) is 2. The molecule has 0 radical (unpaired) electrons. The molecule has 1 atom stereocenters. The van der Waals surface area contributed by atoms with Crippen molar-refractivity contribution in [3.8, 4) is 11.5 Å². The van der Waals surface area contributed by atoms with Crippen molar-refractivity contribution in [2.75, 3.05) is 31.6 Å². The van der Waals surface area contributed by atoms with Gasteiger partial charge in [0, 0.05) is 34.8 Å². The molecule has 0 saturated carbocycles. The highest BCUT2D eigenvalue weighted by molar-refractivity contribution is 7.92. The SMILES string of the molecule is CCCNC(=O)[C@H](C)N(Cc1c(Cl)cccc1Cl)C(=O)CN(c1cc(OC)ccc1OC)S(=O)(=O)c1ccc(C)cc1. The van der Waals surface area contributed by atoms with Gasteiger partial charge >= 0.3 is 0 Å². The smallest absolute Gasteiger partial charge is 0.264 e. The molecule has 3 aromatic carbocycles. The number of sulfonamides is 1. The number of carbonyl (C=O) groups is 2. The maximum atomic E-state index is 14.1. The minimum Gasteiger partial charge on any atom is -0.497 e. The highest BCUT2D eigenvalue weighted by Crippen LogP contribution is 2.36. The Labute approximate surface area is 257 Å². The summed E-state index contributed by atoms with van der Waals surface area (Å²) in [6.07, 6.45) is 0.695. The molecule has 0 heterocycles. The molecule has 9 nitrogen and oxygen atoms in total. The summed E-state index contributed by atoms with van der Waals surface area (Å²) in [5.41, 5.74) is 1.38. The molecular weight excluding hydrogens is 601 g/mol. The van der Waals surface area contributed by atoms with Crippen LogP contribution in [0.5, 0.6) is 11.5 Å². The van der Waals surface area contributed by atoms with Crippen molar-refractivity contribution >= 4 is 50.7 Å². The summed E-state index contributed by atoms with van der Waals surface area (Å²) >= 11 is 12.9. The lowest BCUT2D eigenvalue weighted by atomic mass is 10.1. The van der Waals surface area contributed by atoms with Gasteiger partial charge in [-0.15, -0.1) is 0 Å². The molecule has 226 valence electrons. The van der Waals surface area contributed by atoms with Gasteiger partial charge in [-0.25, -0.2) is 8.42 Å². The van der Waals surface area contributed by atoms with Gasteiger partial charge in [0.1, 0.15) is 24.1 Å². The highest BCUT2D eigenvalue weighted by atomic mass is 35.5. The fourth-order valence-corrected chi connectivity index (χ4v) is 6.11. The minimum absolute atomic E-state index is 0.0276. The van der Waals surface area contributed by atoms with Gasteiger partial charge in [0.05, 0.1) is 24.8 Å². The first-order valence-electron chi connectivity index (χ1n) is 13.3. The Hall–Kier alpha value is -3.47. The third-order valence-electron chi connectivity index (χ3n) is 6.65. The topological polar surface area (TPSA) is 105 Å². The number of amides is 2. The van der Waals surface area contributed by atoms with E-state index in [1.807, 2.05) is 13.8 Å². The number of nitrogens with zero attached hydrogens (tertiary/aromatic N) is 2. The van der Waals surface area contributed by atoms with Crippen molar-refractivity contribution in [1.29, 1.82) is 0 Å². The van der Waals surface area contributed by atoms with E-state index in [4.69, 9.17) is 32.7 Å². The van der Waals surface area contributed by atoms with E-state index in [9.17, 15) is 18.0 Å². The molecule has 0 unspecified atom stereocenters. The van der Waals surface area contributed by atoms with Gasteiger partial charge < -0.3 is 19.7 Å². The van der Waals surface area contributed by atoms with E-state index in [0.29, 0.717) is 34.3 Å². The Balaban J connectivity index is 2.15. The first-order valence-corrected chi connectivity index (χ1v) is 15.5. The monoisotopic (exact) mass is 635 g/mol. The second-order valence-electron chi connectivity index (χ2n) is 9.55. The van der Waals surface area contributed by atoms with Gasteiger partial charge in [-0.1, -0.05) is 53.9 Å². The summed E-state index contributed by atoms with van der Waals surface area (Å²) in [6, 6.07) is 14.9. The molecule has 12 heteroatoms. The Kier molecular flexibility index (Phi) is 11.5. The molecule has 0 aliphatic carbocycles. The molecular formula is C30H35Cl2N3O6S. The normalized spacial score (nSPS) is 11.9. The van der Waals surface area contributed by atoms with Gasteiger partial charge in [0.2, 0.25) is 11.8 Å². The fourth-order valence-electron chi connectivity index (χ4n) is 4.17. The predicted octanol–water partition coefficient (Wildman–Crippen LogP) is 5.46. The number of nitrogens with one attached hydrogen (secondary N) is 1. The van der Waals surface area contributed by atoms with E-state index in [1.54, 1.807) is 49.4 Å². The number of halogens is 2. The number of aryl methyl sites for hydroxylation is 1. The van der Waals surface area contributed by atoms with E-state index in [0.717, 1.165) is 9.87 Å². The third kappa shape index (κ3) is 7.67. The standard InChI is InChI=1S/C30H35Cl2N3O6S/c1-6-16-33-30(37)21(3)34(18-24-25(31)8-7-9-26(24)32)29(36)19-35(27-17-22(40-4)12-15-28(27)41-5)42(38,39)23-13-10-20(2)11-14-23/h7-15,17,21H,6,16,18-19H2,1-5H3,(H,33,37)/t21-/m0/s1. The average molecular weight is 637 g/mol. The first-order chi connectivity index (χ1) is 19.9. The Bertz CT molecular complexity index is 1500. The van der Waals surface area contributed by atoms with Crippen LogP contribution in [0.3, 0.4) is 0 Å². The molecule has 42 heavy (non-hydrogen) atoms. The molecule has 0 fully saturated rings. The van der Waals surface area contributed by atoms with Crippen LogP contribution in [0.15, 0.2) is 65.6 Å². The summed E-state index contributed by atoms with van der Waals surface area (Å²) < 4.78 is 40.0. The zero-order valence-electron chi connectivity index (χ0n) is 24.2. The van der Waals surface area contributed by atoms with E-state index in [2.05, 4.69) is 5.32 Å². The van der Waals surface area contributed by atoms with Crippen molar-refractivity contribution in [3.05, 3.63) is 81.8 Å². The molecule has 0 aromatic heterocycles. The molecule has 0 saturated heterocycles. The summed E-state index contributed by atoms with van der Waals surface area (Å²) in [7, 11) is -1.46. The third-order valence-corrected chi connectivity index (χ3v) is 9.13. The van der Waals surface area contributed by atoms with Gasteiger partial charge in [-0.3, -0.25) is 13.9 Å². The van der Waals surface area contributed by atoms with Crippen molar-refractivity contribution in [2.45, 2.75) is 44.7 Å². The Morgan fingerprint density at radius 2 is 1.62 bits per heavy atom. The quantitative estimate of drug-likeness (QED) is 0.267. The molecule has 1 N–H and O–H groups in total. The molecule has 0 spiro atoms. The summed E-state index contributed by atoms with van der Waals surface area (Å²) in [5, 5.41) is 3.41. The number of anilines is 1. The van der Waals surface area contributed by atoms with Crippen molar-refractivity contribution in [1.82, 2.24) is 10.2 Å². The molecule has 3 aromatic rings. The highest BCUT2D eigenvalue weighted by Gasteiger charge is 2.34. The van der Waals surface area contributed by atoms with Crippen LogP contribution >= 0.6 is 23.2 Å². The van der Waals surface area contributed by atoms with Crippen molar-refractivity contribution in [3.63, 3.8) is 0 Å². The lowest BCUT2D eigenvalue weighted by Crippen LogP contribution is -2.51. The van der Waals surface area contributed by atoms with E-state index < -0.39 is 34.4 Å². The molecule has 3 rings (SSSR count). The first kappa shape index (κ1) is 33.0. The second-order valence-corrected chi connectivity index (χ2v) is 12.2. The second kappa shape index (κ2) is 14.6.